The molecule has 2 aromatic carbocycles. The second-order valence-electron chi connectivity index (χ2n) is 6.91. The number of hydrogen-bond acceptors (Lipinski definition) is 4. The quantitative estimate of drug-likeness (QED) is 0.152. The van der Waals surface area contributed by atoms with Gasteiger partial charge in [-0.05, 0) is 37.6 Å². The number of hydrogen-bond donors (Lipinski definition) is 2. The number of rotatable bonds is 8. The van der Waals surface area contributed by atoms with E-state index in [1.165, 1.54) is 5.52 Å². The molecule has 2 N–H and O–H groups in total. The van der Waals surface area contributed by atoms with Crippen molar-refractivity contribution in [1.29, 1.82) is 0 Å². The van der Waals surface area contributed by atoms with Crippen LogP contribution in [-0.4, -0.2) is 33.6 Å². The molecule has 4 aromatic rings. The molecule has 0 fully saturated rings. The molecule has 4 rings (SSSR count). The Labute approximate surface area is 199 Å². The van der Waals surface area contributed by atoms with Crippen LogP contribution in [0.5, 0.6) is 0 Å². The van der Waals surface area contributed by atoms with E-state index in [2.05, 4.69) is 43.2 Å². The first kappa shape index (κ1) is 22.8. The first-order valence-corrected chi connectivity index (χ1v) is 10.3. The fourth-order valence-electron chi connectivity index (χ4n) is 3.24. The van der Waals surface area contributed by atoms with E-state index in [0.717, 1.165) is 48.8 Å². The molecular weight excluding hydrogens is 503 g/mol. The number of guanidine groups is 1. The van der Waals surface area contributed by atoms with Crippen LogP contribution in [0.25, 0.3) is 22.5 Å². The van der Waals surface area contributed by atoms with Gasteiger partial charge in [-0.3, -0.25) is 0 Å². The molecule has 8 heteroatoms. The number of aromatic nitrogens is 3. The van der Waals surface area contributed by atoms with E-state index in [1.54, 1.807) is 6.26 Å². The first-order chi connectivity index (χ1) is 14.8. The van der Waals surface area contributed by atoms with Crippen LogP contribution in [0.4, 0.5) is 0 Å². The lowest BCUT2D eigenvalue weighted by Gasteiger charge is -2.11. The Morgan fingerprint density at radius 2 is 1.87 bits per heavy atom. The SMILES string of the molecule is CCNC(=NCc1coc(-c2ccccc2)n1)NCCCn1cnc2ccccc21.I. The zero-order chi connectivity index (χ0) is 20.6. The summed E-state index contributed by atoms with van der Waals surface area (Å²) in [7, 11) is 0. The summed E-state index contributed by atoms with van der Waals surface area (Å²) in [5, 5.41) is 6.66. The fourth-order valence-corrected chi connectivity index (χ4v) is 3.24. The van der Waals surface area contributed by atoms with Gasteiger partial charge in [-0.15, -0.1) is 24.0 Å². The molecule has 0 amide bonds. The number of oxazole rings is 1. The lowest BCUT2D eigenvalue weighted by Crippen LogP contribution is -2.38. The molecule has 0 unspecified atom stereocenters. The lowest BCUT2D eigenvalue weighted by atomic mass is 10.2. The zero-order valence-electron chi connectivity index (χ0n) is 17.5. The van der Waals surface area contributed by atoms with Gasteiger partial charge < -0.3 is 19.6 Å². The number of fused-ring (bicyclic) bond motifs is 1. The number of benzene rings is 2. The molecule has 0 aliphatic rings. The van der Waals surface area contributed by atoms with E-state index in [0.29, 0.717) is 12.4 Å². The third-order valence-electron chi connectivity index (χ3n) is 4.71. The molecule has 0 aliphatic carbocycles. The normalized spacial score (nSPS) is 11.3. The molecule has 2 heterocycles. The van der Waals surface area contributed by atoms with Gasteiger partial charge in [0.25, 0.3) is 0 Å². The maximum absolute atomic E-state index is 5.59. The molecule has 0 saturated carbocycles. The Bertz CT molecular complexity index is 1110. The van der Waals surface area contributed by atoms with Crippen molar-refractivity contribution in [3.8, 4) is 11.5 Å². The molecule has 0 atom stereocenters. The average molecular weight is 530 g/mol. The summed E-state index contributed by atoms with van der Waals surface area (Å²) in [5.74, 6) is 1.39. The molecule has 2 aromatic heterocycles. The second-order valence-corrected chi connectivity index (χ2v) is 6.91. The van der Waals surface area contributed by atoms with E-state index in [-0.39, 0.29) is 24.0 Å². The van der Waals surface area contributed by atoms with Crippen molar-refractivity contribution in [3.63, 3.8) is 0 Å². The van der Waals surface area contributed by atoms with Gasteiger partial charge in [0.05, 0.1) is 23.9 Å². The molecule has 7 nitrogen and oxygen atoms in total. The van der Waals surface area contributed by atoms with Crippen LogP contribution in [0.15, 0.2) is 76.6 Å². The van der Waals surface area contributed by atoms with E-state index in [1.807, 2.05) is 54.9 Å². The molecule has 162 valence electrons. The molecule has 0 spiro atoms. The van der Waals surface area contributed by atoms with Gasteiger partial charge in [-0.25, -0.2) is 15.0 Å². The van der Waals surface area contributed by atoms with Crippen molar-refractivity contribution in [2.45, 2.75) is 26.4 Å². The van der Waals surface area contributed by atoms with Crippen molar-refractivity contribution in [3.05, 3.63) is 72.9 Å². The van der Waals surface area contributed by atoms with Crippen molar-refractivity contribution in [2.75, 3.05) is 13.1 Å². The summed E-state index contributed by atoms with van der Waals surface area (Å²) in [5.41, 5.74) is 3.96. The maximum Gasteiger partial charge on any atom is 0.226 e. The van der Waals surface area contributed by atoms with Crippen molar-refractivity contribution in [2.24, 2.45) is 4.99 Å². The summed E-state index contributed by atoms with van der Waals surface area (Å²) in [6.45, 7) is 5.02. The maximum atomic E-state index is 5.59. The molecule has 0 saturated heterocycles. The standard InChI is InChI=1S/C23H26N6O.HI/c1-2-24-23(25-13-8-14-29-17-27-20-11-6-7-12-21(20)29)26-15-19-16-30-22(28-19)18-9-4-3-5-10-18;/h3-7,9-12,16-17H,2,8,13-15H2,1H3,(H2,24,25,26);1H. The third-order valence-corrected chi connectivity index (χ3v) is 4.71. The van der Waals surface area contributed by atoms with E-state index >= 15 is 0 Å². The summed E-state index contributed by atoms with van der Waals surface area (Å²) >= 11 is 0. The molecule has 0 aliphatic heterocycles. The van der Waals surface area contributed by atoms with Gasteiger partial charge in [0, 0.05) is 25.2 Å². The summed E-state index contributed by atoms with van der Waals surface area (Å²) in [6, 6.07) is 18.1. The minimum absolute atomic E-state index is 0. The first-order valence-electron chi connectivity index (χ1n) is 10.3. The molecular formula is C23H27IN6O. The second kappa shape index (κ2) is 11.5. The van der Waals surface area contributed by atoms with Gasteiger partial charge in [-0.1, -0.05) is 30.3 Å². The van der Waals surface area contributed by atoms with Crippen LogP contribution in [0, 0.1) is 0 Å². The third kappa shape index (κ3) is 6.06. The number of nitrogens with one attached hydrogen (secondary N) is 2. The highest BCUT2D eigenvalue weighted by Gasteiger charge is 2.06. The largest absolute Gasteiger partial charge is 0.444 e. The predicted molar refractivity (Wildman–Crippen MR) is 135 cm³/mol. The van der Waals surface area contributed by atoms with Crippen LogP contribution < -0.4 is 10.6 Å². The number of halogens is 1. The highest BCUT2D eigenvalue weighted by molar-refractivity contribution is 14.0. The van der Waals surface area contributed by atoms with Gasteiger partial charge in [0.15, 0.2) is 5.96 Å². The van der Waals surface area contributed by atoms with Crippen molar-refractivity contribution < 1.29 is 4.42 Å². The summed E-state index contributed by atoms with van der Waals surface area (Å²) < 4.78 is 7.77. The van der Waals surface area contributed by atoms with Crippen LogP contribution in [0.2, 0.25) is 0 Å². The van der Waals surface area contributed by atoms with E-state index < -0.39 is 0 Å². The Morgan fingerprint density at radius 1 is 1.06 bits per heavy atom. The Hall–Kier alpha value is -2.88. The summed E-state index contributed by atoms with van der Waals surface area (Å²) in [4.78, 5) is 13.6. The Morgan fingerprint density at radius 3 is 2.71 bits per heavy atom. The van der Waals surface area contributed by atoms with Gasteiger partial charge >= 0.3 is 0 Å². The Kier molecular flexibility index (Phi) is 8.45. The zero-order valence-corrected chi connectivity index (χ0v) is 19.8. The summed E-state index contributed by atoms with van der Waals surface area (Å²) in [6.07, 6.45) is 4.53. The van der Waals surface area contributed by atoms with E-state index in [4.69, 9.17) is 4.42 Å². The minimum atomic E-state index is 0. The smallest absolute Gasteiger partial charge is 0.226 e. The molecule has 31 heavy (non-hydrogen) atoms. The Balaban J connectivity index is 0.00000272. The highest BCUT2D eigenvalue weighted by atomic mass is 127. The van der Waals surface area contributed by atoms with Gasteiger partial charge in [0.1, 0.15) is 12.0 Å². The van der Waals surface area contributed by atoms with E-state index in [9.17, 15) is 0 Å². The monoisotopic (exact) mass is 530 g/mol. The van der Waals surface area contributed by atoms with Crippen LogP contribution in [0.3, 0.4) is 0 Å². The molecule has 0 radical (unpaired) electrons. The number of imidazole rings is 1. The number of aryl methyl sites for hydroxylation is 1. The lowest BCUT2D eigenvalue weighted by molar-refractivity contribution is 0.572. The number of aliphatic imine (C=N–C) groups is 1. The van der Waals surface area contributed by atoms with Gasteiger partial charge in [0.2, 0.25) is 5.89 Å². The molecule has 0 bridgehead atoms. The highest BCUT2D eigenvalue weighted by Crippen LogP contribution is 2.18. The minimum Gasteiger partial charge on any atom is -0.444 e. The van der Waals surface area contributed by atoms with Gasteiger partial charge in [-0.2, -0.15) is 0 Å². The van der Waals surface area contributed by atoms with Crippen molar-refractivity contribution in [1.82, 2.24) is 25.2 Å². The van der Waals surface area contributed by atoms with Crippen LogP contribution in [-0.2, 0) is 13.1 Å². The van der Waals surface area contributed by atoms with Crippen LogP contribution >= 0.6 is 24.0 Å². The fraction of sp³-hybridized carbons (Fsp3) is 0.261. The topological polar surface area (TPSA) is 80.3 Å². The predicted octanol–water partition coefficient (Wildman–Crippen LogP) is 4.45. The van der Waals surface area contributed by atoms with Crippen molar-refractivity contribution >= 4 is 41.0 Å². The van der Waals surface area contributed by atoms with Crippen LogP contribution in [0.1, 0.15) is 19.0 Å². The average Bonchev–Trinajstić information content (AvgIpc) is 3.43. The number of nitrogens with zero attached hydrogens (tertiary/aromatic N) is 4. The number of para-hydroxylation sites is 2.